The molecular weight excluding hydrogens is 645 g/mol. The van der Waals surface area contributed by atoms with Crippen LogP contribution in [0.15, 0.2) is 53.4 Å². The first-order valence-corrected chi connectivity index (χ1v) is 15.4. The molecule has 5 aromatic rings. The van der Waals surface area contributed by atoms with Gasteiger partial charge in [-0.3, -0.25) is 4.98 Å². The predicted octanol–water partition coefficient (Wildman–Crippen LogP) is 7.12. The summed E-state index contributed by atoms with van der Waals surface area (Å²) in [5.74, 6) is -0.226. The van der Waals surface area contributed by atoms with Gasteiger partial charge in [0.1, 0.15) is 17.0 Å². The zero-order valence-corrected chi connectivity index (χ0v) is 27.4. The molecule has 6 rings (SSSR count). The van der Waals surface area contributed by atoms with Crippen molar-refractivity contribution in [1.82, 2.24) is 29.1 Å². The molecule has 0 fully saturated rings. The minimum absolute atomic E-state index is 0.156. The molecule has 13 heteroatoms. The lowest BCUT2D eigenvalue weighted by Crippen LogP contribution is -2.47. The second-order valence-corrected chi connectivity index (χ2v) is 13.8. The molecule has 1 aliphatic rings. The van der Waals surface area contributed by atoms with Crippen LogP contribution in [0.5, 0.6) is 0 Å². The fraction of sp³-hybridized carbons (Fsp3) is 0.375. The van der Waals surface area contributed by atoms with E-state index >= 15 is 0 Å². The molecule has 0 spiro atoms. The van der Waals surface area contributed by atoms with Gasteiger partial charge in [0.25, 0.3) is 0 Å². The number of carbonyl (C=O) groups excluding carboxylic acids is 2. The molecule has 0 saturated carbocycles. The van der Waals surface area contributed by atoms with Gasteiger partial charge >= 0.3 is 12.2 Å². The van der Waals surface area contributed by atoms with Crippen molar-refractivity contribution in [1.29, 1.82) is 0 Å². The number of fused-ring (bicyclic) bond motifs is 4. The Hall–Kier alpha value is -4.39. The third-order valence-electron chi connectivity index (χ3n) is 7.26. The summed E-state index contributed by atoms with van der Waals surface area (Å²) in [5, 5.41) is 5.36. The number of benzene rings is 1. The Bertz CT molecular complexity index is 1960. The summed E-state index contributed by atoms with van der Waals surface area (Å²) in [7, 11) is 0. The maximum Gasteiger partial charge on any atom is 0.419 e. The standard InChI is InChI=1S/C32H33BrFN7O4/c1-31(2,3)44-29(42)39(28-38-26(18-13-19(34)16-35-15-18)37-27-23(33)17-36-41(27)28)20-11-12-25-22(14-20)21-9-7-8-10-24(21)40(25)30(43)45-32(4,5)6/h7-10,13,15-17,20H,11-12,14H2,1-6H3/t20-/m1/s1. The number of hydrogen-bond donors (Lipinski definition) is 0. The number of halogens is 2. The fourth-order valence-electron chi connectivity index (χ4n) is 5.59. The highest BCUT2D eigenvalue weighted by Crippen LogP contribution is 2.37. The number of anilines is 1. The Labute approximate surface area is 267 Å². The van der Waals surface area contributed by atoms with Crippen LogP contribution in [-0.2, 0) is 22.3 Å². The normalized spacial score (nSPS) is 15.2. The van der Waals surface area contributed by atoms with Crippen molar-refractivity contribution in [3.05, 3.63) is 70.5 Å². The molecule has 0 N–H and O–H groups in total. The fourth-order valence-corrected chi connectivity index (χ4v) is 5.94. The summed E-state index contributed by atoms with van der Waals surface area (Å²) >= 11 is 3.49. The van der Waals surface area contributed by atoms with Crippen LogP contribution in [0.1, 0.15) is 59.2 Å². The van der Waals surface area contributed by atoms with Crippen LogP contribution >= 0.6 is 15.9 Å². The Morgan fingerprint density at radius 3 is 2.47 bits per heavy atom. The largest absolute Gasteiger partial charge is 0.443 e. The summed E-state index contributed by atoms with van der Waals surface area (Å²) in [6, 6.07) is 8.51. The van der Waals surface area contributed by atoms with E-state index < -0.39 is 35.2 Å². The lowest BCUT2D eigenvalue weighted by Gasteiger charge is -2.35. The van der Waals surface area contributed by atoms with Gasteiger partial charge in [0.15, 0.2) is 11.5 Å². The van der Waals surface area contributed by atoms with Crippen molar-refractivity contribution in [3.63, 3.8) is 0 Å². The summed E-state index contributed by atoms with van der Waals surface area (Å²) in [6.07, 6.45) is 4.40. The Kier molecular flexibility index (Phi) is 7.62. The third-order valence-corrected chi connectivity index (χ3v) is 7.82. The molecule has 0 bridgehead atoms. The minimum Gasteiger partial charge on any atom is -0.443 e. The highest BCUT2D eigenvalue weighted by Gasteiger charge is 2.38. The number of rotatable bonds is 3. The monoisotopic (exact) mass is 677 g/mol. The number of hydrogen-bond acceptors (Lipinski definition) is 8. The zero-order valence-electron chi connectivity index (χ0n) is 25.8. The molecule has 1 atom stereocenters. The number of ether oxygens (including phenoxy) is 2. The van der Waals surface area contributed by atoms with Crippen molar-refractivity contribution in [3.8, 4) is 11.4 Å². The number of nitrogens with zero attached hydrogens (tertiary/aromatic N) is 7. The zero-order chi connectivity index (χ0) is 32.3. The molecule has 45 heavy (non-hydrogen) atoms. The van der Waals surface area contributed by atoms with E-state index in [0.717, 1.165) is 28.4 Å². The van der Waals surface area contributed by atoms with Gasteiger partial charge in [-0.2, -0.15) is 14.6 Å². The van der Waals surface area contributed by atoms with Gasteiger partial charge in [0, 0.05) is 28.9 Å². The van der Waals surface area contributed by atoms with E-state index in [2.05, 4.69) is 31.0 Å². The highest BCUT2D eigenvalue weighted by molar-refractivity contribution is 9.10. The van der Waals surface area contributed by atoms with Crippen molar-refractivity contribution in [2.45, 2.75) is 78.0 Å². The van der Waals surface area contributed by atoms with Crippen molar-refractivity contribution >= 4 is 50.6 Å². The number of carbonyl (C=O) groups is 2. The maximum atomic E-state index is 14.2. The molecule has 0 aliphatic heterocycles. The summed E-state index contributed by atoms with van der Waals surface area (Å²) in [5.41, 5.74) is 1.74. The second kappa shape index (κ2) is 11.2. The molecule has 4 heterocycles. The molecule has 1 aliphatic carbocycles. The van der Waals surface area contributed by atoms with Crippen LogP contribution < -0.4 is 4.90 Å². The van der Waals surface area contributed by atoms with Crippen LogP contribution in [0.4, 0.5) is 19.9 Å². The van der Waals surface area contributed by atoms with Crippen molar-refractivity contribution in [2.24, 2.45) is 0 Å². The van der Waals surface area contributed by atoms with E-state index in [-0.39, 0.29) is 11.8 Å². The Morgan fingerprint density at radius 2 is 1.76 bits per heavy atom. The molecule has 4 aromatic heterocycles. The maximum absolute atomic E-state index is 14.2. The minimum atomic E-state index is -0.811. The summed E-state index contributed by atoms with van der Waals surface area (Å²) < 4.78 is 29.6. The Balaban J connectivity index is 1.51. The van der Waals surface area contributed by atoms with Gasteiger partial charge in [-0.1, -0.05) is 18.2 Å². The SMILES string of the molecule is CC(C)(C)OC(=O)N(c1nc(-c2cncc(F)c2)nc2c(Br)cnn12)[C@@H]1CCc2c(c3ccccc3n2C(=O)OC(C)(C)C)C1. The smallest absolute Gasteiger partial charge is 0.419 e. The first kappa shape index (κ1) is 30.6. The van der Waals surface area contributed by atoms with Gasteiger partial charge in [-0.25, -0.2) is 28.4 Å². The number of amides is 1. The molecule has 1 amide bonds. The van der Waals surface area contributed by atoms with Gasteiger partial charge in [-0.15, -0.1) is 0 Å². The van der Waals surface area contributed by atoms with Crippen LogP contribution in [0.25, 0.3) is 27.9 Å². The number of pyridine rings is 1. The van der Waals surface area contributed by atoms with Crippen molar-refractivity contribution < 1.29 is 23.5 Å². The molecule has 0 saturated heterocycles. The molecule has 1 aromatic carbocycles. The van der Waals surface area contributed by atoms with Crippen LogP contribution in [0.3, 0.4) is 0 Å². The van der Waals surface area contributed by atoms with E-state index in [0.29, 0.717) is 34.9 Å². The Morgan fingerprint density at radius 1 is 1.02 bits per heavy atom. The van der Waals surface area contributed by atoms with Crippen molar-refractivity contribution in [2.75, 3.05) is 4.90 Å². The number of para-hydroxylation sites is 1. The van der Waals surface area contributed by atoms with Crippen LogP contribution in [0, 0.1) is 5.82 Å². The highest BCUT2D eigenvalue weighted by atomic mass is 79.9. The number of aromatic nitrogens is 6. The van der Waals surface area contributed by atoms with E-state index in [1.807, 2.05) is 45.0 Å². The summed E-state index contributed by atoms with van der Waals surface area (Å²) in [6.45, 7) is 10.9. The average Bonchev–Trinajstić information content (AvgIpc) is 3.49. The third kappa shape index (κ3) is 6.00. The van der Waals surface area contributed by atoms with E-state index in [1.165, 1.54) is 21.7 Å². The lowest BCUT2D eigenvalue weighted by atomic mass is 9.90. The molecule has 0 radical (unpaired) electrons. The van der Waals surface area contributed by atoms with Gasteiger partial charge < -0.3 is 9.47 Å². The second-order valence-electron chi connectivity index (χ2n) is 13.0. The predicted molar refractivity (Wildman–Crippen MR) is 170 cm³/mol. The molecular formula is C32H33BrFN7O4. The summed E-state index contributed by atoms with van der Waals surface area (Å²) in [4.78, 5) is 42.3. The first-order valence-electron chi connectivity index (χ1n) is 14.6. The quantitative estimate of drug-likeness (QED) is 0.198. The van der Waals surface area contributed by atoms with E-state index in [9.17, 15) is 14.0 Å². The average molecular weight is 679 g/mol. The van der Waals surface area contributed by atoms with Crippen LogP contribution in [-0.4, -0.2) is 58.6 Å². The first-order chi connectivity index (χ1) is 21.2. The topological polar surface area (TPSA) is 117 Å². The molecule has 11 nitrogen and oxygen atoms in total. The molecule has 234 valence electrons. The van der Waals surface area contributed by atoms with Crippen LogP contribution in [0.2, 0.25) is 0 Å². The lowest BCUT2D eigenvalue weighted by molar-refractivity contribution is 0.0527. The van der Waals surface area contributed by atoms with E-state index in [1.54, 1.807) is 31.5 Å². The van der Waals surface area contributed by atoms with Gasteiger partial charge in [-0.05, 0) is 94.4 Å². The van der Waals surface area contributed by atoms with Gasteiger partial charge in [0.2, 0.25) is 5.95 Å². The molecule has 0 unspecified atom stereocenters. The van der Waals surface area contributed by atoms with E-state index in [4.69, 9.17) is 14.5 Å². The van der Waals surface area contributed by atoms with Gasteiger partial charge in [0.05, 0.1) is 22.4 Å².